The molecule has 136 valence electrons. The molecule has 0 saturated carbocycles. The maximum atomic E-state index is 11.6. The van der Waals surface area contributed by atoms with Crippen molar-refractivity contribution in [3.8, 4) is 17.0 Å². The van der Waals surface area contributed by atoms with Crippen molar-refractivity contribution in [3.63, 3.8) is 0 Å². The van der Waals surface area contributed by atoms with Gasteiger partial charge >= 0.3 is 0 Å². The summed E-state index contributed by atoms with van der Waals surface area (Å²) in [4.78, 5) is 11.6. The lowest BCUT2D eigenvalue weighted by Crippen LogP contribution is -2.16. The SMILES string of the molecule is CCn1c(-c2ccc(NC(=O)COC)cc2)c(N)c2cc(OC)ccc21. The van der Waals surface area contributed by atoms with Crippen molar-refractivity contribution in [3.05, 3.63) is 42.5 Å². The number of ether oxygens (including phenoxy) is 2. The minimum absolute atomic E-state index is 0.0284. The number of aromatic nitrogens is 1. The number of rotatable bonds is 6. The second-order valence-corrected chi connectivity index (χ2v) is 5.95. The quantitative estimate of drug-likeness (QED) is 0.711. The summed E-state index contributed by atoms with van der Waals surface area (Å²) in [5.74, 6) is 0.592. The van der Waals surface area contributed by atoms with Gasteiger partial charge in [0.2, 0.25) is 5.91 Å². The third-order valence-corrected chi connectivity index (χ3v) is 4.34. The molecule has 2 aromatic carbocycles. The van der Waals surface area contributed by atoms with Gasteiger partial charge in [-0.25, -0.2) is 0 Å². The van der Waals surface area contributed by atoms with Gasteiger partial charge in [-0.3, -0.25) is 4.79 Å². The molecular weight excluding hydrogens is 330 g/mol. The Balaban J connectivity index is 2.02. The highest BCUT2D eigenvalue weighted by Crippen LogP contribution is 2.38. The number of aryl methyl sites for hydroxylation is 1. The average molecular weight is 353 g/mol. The number of methoxy groups -OCH3 is 2. The number of nitrogens with two attached hydrogens (primary N) is 1. The zero-order valence-electron chi connectivity index (χ0n) is 15.2. The molecular formula is C20H23N3O3. The topological polar surface area (TPSA) is 78.5 Å². The maximum Gasteiger partial charge on any atom is 0.250 e. The lowest BCUT2D eigenvalue weighted by atomic mass is 10.1. The third kappa shape index (κ3) is 3.23. The van der Waals surface area contributed by atoms with Crippen LogP contribution in [0, 0.1) is 0 Å². The smallest absolute Gasteiger partial charge is 0.250 e. The van der Waals surface area contributed by atoms with E-state index in [2.05, 4.69) is 16.8 Å². The third-order valence-electron chi connectivity index (χ3n) is 4.34. The summed E-state index contributed by atoms with van der Waals surface area (Å²) >= 11 is 0. The molecule has 0 unspecified atom stereocenters. The highest BCUT2D eigenvalue weighted by molar-refractivity contribution is 6.01. The van der Waals surface area contributed by atoms with Gasteiger partial charge in [-0.15, -0.1) is 0 Å². The number of anilines is 2. The van der Waals surface area contributed by atoms with Crippen molar-refractivity contribution in [1.29, 1.82) is 0 Å². The van der Waals surface area contributed by atoms with Crippen LogP contribution >= 0.6 is 0 Å². The lowest BCUT2D eigenvalue weighted by molar-refractivity contribution is -0.119. The highest BCUT2D eigenvalue weighted by atomic mass is 16.5. The van der Waals surface area contributed by atoms with Crippen molar-refractivity contribution in [2.75, 3.05) is 31.9 Å². The second-order valence-electron chi connectivity index (χ2n) is 5.95. The summed E-state index contributed by atoms with van der Waals surface area (Å²) in [5, 5.41) is 3.76. The molecule has 1 heterocycles. The zero-order valence-corrected chi connectivity index (χ0v) is 15.2. The molecule has 0 saturated heterocycles. The van der Waals surface area contributed by atoms with Crippen LogP contribution in [-0.2, 0) is 16.1 Å². The summed E-state index contributed by atoms with van der Waals surface area (Å²) in [6, 6.07) is 13.6. The molecule has 1 amide bonds. The molecule has 0 aliphatic carbocycles. The predicted octanol–water partition coefficient (Wildman–Crippen LogP) is 3.50. The Labute approximate surface area is 152 Å². The van der Waals surface area contributed by atoms with E-state index in [1.807, 2.05) is 42.5 Å². The molecule has 3 rings (SSSR count). The molecule has 1 aromatic heterocycles. The number of carbonyl (C=O) groups excluding carboxylic acids is 1. The Bertz CT molecular complexity index is 930. The van der Waals surface area contributed by atoms with Crippen LogP contribution in [0.3, 0.4) is 0 Å². The van der Waals surface area contributed by atoms with Crippen LogP contribution in [0.25, 0.3) is 22.2 Å². The fraction of sp³-hybridized carbons (Fsp3) is 0.250. The Morgan fingerprint density at radius 2 is 1.88 bits per heavy atom. The molecule has 3 N–H and O–H groups in total. The van der Waals surface area contributed by atoms with Crippen LogP contribution in [0.4, 0.5) is 11.4 Å². The number of benzene rings is 2. The van der Waals surface area contributed by atoms with Gasteiger partial charge in [0.15, 0.2) is 0 Å². The van der Waals surface area contributed by atoms with Crippen LogP contribution in [0.15, 0.2) is 42.5 Å². The highest BCUT2D eigenvalue weighted by Gasteiger charge is 2.16. The van der Waals surface area contributed by atoms with E-state index in [4.69, 9.17) is 15.2 Å². The van der Waals surface area contributed by atoms with Gasteiger partial charge in [-0.05, 0) is 37.3 Å². The Morgan fingerprint density at radius 1 is 1.15 bits per heavy atom. The number of nitrogens with one attached hydrogen (secondary N) is 1. The Kier molecular flexibility index (Phi) is 5.14. The van der Waals surface area contributed by atoms with E-state index >= 15 is 0 Å². The average Bonchev–Trinajstić information content (AvgIpc) is 2.94. The van der Waals surface area contributed by atoms with Gasteiger partial charge in [-0.1, -0.05) is 12.1 Å². The summed E-state index contributed by atoms with van der Waals surface area (Å²) in [6.07, 6.45) is 0. The van der Waals surface area contributed by atoms with E-state index in [9.17, 15) is 4.79 Å². The maximum absolute atomic E-state index is 11.6. The first kappa shape index (κ1) is 17.8. The predicted molar refractivity (Wildman–Crippen MR) is 105 cm³/mol. The number of hydrogen-bond donors (Lipinski definition) is 2. The first-order chi connectivity index (χ1) is 12.6. The van der Waals surface area contributed by atoms with Crippen LogP contribution in [-0.4, -0.2) is 31.3 Å². The van der Waals surface area contributed by atoms with Crippen LogP contribution in [0.1, 0.15) is 6.92 Å². The number of amides is 1. The standard InChI is InChI=1S/C20H23N3O3/c1-4-23-17-10-9-15(26-3)11-16(17)19(21)20(23)13-5-7-14(8-6-13)22-18(24)12-25-2/h5-11H,4,12,21H2,1-3H3,(H,22,24). The molecule has 0 spiro atoms. The van der Waals surface area contributed by atoms with Crippen molar-refractivity contribution in [2.24, 2.45) is 0 Å². The van der Waals surface area contributed by atoms with Crippen LogP contribution in [0.5, 0.6) is 5.75 Å². The molecule has 0 atom stereocenters. The van der Waals surface area contributed by atoms with Gasteiger partial charge in [0.05, 0.1) is 24.0 Å². The molecule has 6 heteroatoms. The summed E-state index contributed by atoms with van der Waals surface area (Å²) in [6.45, 7) is 2.91. The normalized spacial score (nSPS) is 10.9. The first-order valence-electron chi connectivity index (χ1n) is 8.44. The van der Waals surface area contributed by atoms with Gasteiger partial charge in [0.1, 0.15) is 12.4 Å². The first-order valence-corrected chi connectivity index (χ1v) is 8.44. The van der Waals surface area contributed by atoms with E-state index in [1.165, 1.54) is 7.11 Å². The van der Waals surface area contributed by atoms with Crippen molar-refractivity contribution in [1.82, 2.24) is 4.57 Å². The minimum atomic E-state index is -0.186. The van der Waals surface area contributed by atoms with Crippen LogP contribution in [0.2, 0.25) is 0 Å². The van der Waals surface area contributed by atoms with E-state index in [0.29, 0.717) is 0 Å². The van der Waals surface area contributed by atoms with Crippen molar-refractivity contribution < 1.29 is 14.3 Å². The number of nitrogens with zero attached hydrogens (tertiary/aromatic N) is 1. The van der Waals surface area contributed by atoms with E-state index < -0.39 is 0 Å². The molecule has 0 fully saturated rings. The second kappa shape index (κ2) is 7.49. The molecule has 0 aliphatic heterocycles. The number of hydrogen-bond acceptors (Lipinski definition) is 4. The Morgan fingerprint density at radius 3 is 2.50 bits per heavy atom. The molecule has 0 bridgehead atoms. The largest absolute Gasteiger partial charge is 0.497 e. The van der Waals surface area contributed by atoms with Gasteiger partial charge in [0.25, 0.3) is 0 Å². The zero-order chi connectivity index (χ0) is 18.7. The number of nitrogen functional groups attached to an aromatic ring is 1. The van der Waals surface area contributed by atoms with Gasteiger partial charge in [0, 0.05) is 30.3 Å². The van der Waals surface area contributed by atoms with Gasteiger partial charge in [-0.2, -0.15) is 0 Å². The van der Waals surface area contributed by atoms with Crippen molar-refractivity contribution in [2.45, 2.75) is 13.5 Å². The lowest BCUT2D eigenvalue weighted by Gasteiger charge is -2.10. The molecule has 0 aliphatic rings. The molecule has 26 heavy (non-hydrogen) atoms. The van der Waals surface area contributed by atoms with Crippen LogP contribution < -0.4 is 15.8 Å². The number of carbonyl (C=O) groups is 1. The summed E-state index contributed by atoms with van der Waals surface area (Å²) in [5.41, 5.74) is 10.9. The summed E-state index contributed by atoms with van der Waals surface area (Å²) in [7, 11) is 3.13. The fourth-order valence-corrected chi connectivity index (χ4v) is 3.17. The monoisotopic (exact) mass is 353 g/mol. The van der Waals surface area contributed by atoms with Gasteiger partial charge < -0.3 is 25.1 Å². The minimum Gasteiger partial charge on any atom is -0.497 e. The summed E-state index contributed by atoms with van der Waals surface area (Å²) < 4.78 is 12.3. The molecule has 6 nitrogen and oxygen atoms in total. The Hall–Kier alpha value is -2.99. The molecule has 3 aromatic rings. The fourth-order valence-electron chi connectivity index (χ4n) is 3.17. The van der Waals surface area contributed by atoms with Crippen molar-refractivity contribution >= 4 is 28.2 Å². The molecule has 0 radical (unpaired) electrons. The van der Waals surface area contributed by atoms with E-state index in [0.717, 1.165) is 45.8 Å². The number of fused-ring (bicyclic) bond motifs is 1. The van der Waals surface area contributed by atoms with E-state index in [1.54, 1.807) is 7.11 Å². The van der Waals surface area contributed by atoms with E-state index in [-0.39, 0.29) is 12.5 Å².